The van der Waals surface area contributed by atoms with Crippen molar-refractivity contribution >= 4 is 12.4 Å². The molecule has 0 spiro atoms. The van der Waals surface area contributed by atoms with Gasteiger partial charge in [-0.1, -0.05) is 12.1 Å². The number of aromatic nitrogens is 2. The van der Waals surface area contributed by atoms with Gasteiger partial charge in [-0.2, -0.15) is 13.2 Å². The lowest BCUT2D eigenvalue weighted by Gasteiger charge is -2.25. The third-order valence-corrected chi connectivity index (χ3v) is 8.52. The average Bonchev–Trinajstić information content (AvgIpc) is 3.77. The fourth-order valence-corrected chi connectivity index (χ4v) is 6.50. The number of nitrogens with one attached hydrogen (secondary N) is 1. The monoisotopic (exact) mass is 634 g/mol. The number of carbonyl (C=O) groups excluding carboxylic acids is 2. The Labute approximate surface area is 263 Å². The van der Waals surface area contributed by atoms with Crippen LogP contribution in [0.15, 0.2) is 49.1 Å². The predicted octanol–water partition coefficient (Wildman–Crippen LogP) is 5.59. The Morgan fingerprint density at radius 1 is 0.867 bits per heavy atom. The topological polar surface area (TPSA) is 103 Å². The molecule has 9 nitrogen and oxygen atoms in total. The Bertz CT molecular complexity index is 1170. The zero-order valence-corrected chi connectivity index (χ0v) is 26.2. The third kappa shape index (κ3) is 11.7. The molecular weight excluding hydrogens is 589 g/mol. The van der Waals surface area contributed by atoms with Crippen LogP contribution in [0.1, 0.15) is 57.6 Å². The van der Waals surface area contributed by atoms with E-state index >= 15 is 0 Å². The Kier molecular flexibility index (Phi) is 12.3. The highest BCUT2D eigenvalue weighted by Crippen LogP contribution is 2.40. The third-order valence-electron chi connectivity index (χ3n) is 8.52. The van der Waals surface area contributed by atoms with Gasteiger partial charge in [0.05, 0.1) is 25.4 Å². The van der Waals surface area contributed by atoms with Gasteiger partial charge in [-0.15, -0.1) is 0 Å². The van der Waals surface area contributed by atoms with E-state index in [1.165, 1.54) is 31.5 Å². The molecule has 12 heteroatoms. The molecule has 2 saturated heterocycles. The minimum absolute atomic E-state index is 0.181. The van der Waals surface area contributed by atoms with Gasteiger partial charge in [-0.05, 0) is 106 Å². The van der Waals surface area contributed by atoms with Crippen molar-refractivity contribution in [2.45, 2.75) is 83.7 Å². The predicted molar refractivity (Wildman–Crippen MR) is 161 cm³/mol. The summed E-state index contributed by atoms with van der Waals surface area (Å²) in [6.45, 7) is 11.0. The van der Waals surface area contributed by atoms with Crippen LogP contribution in [0.2, 0.25) is 0 Å². The van der Waals surface area contributed by atoms with Crippen molar-refractivity contribution in [3.05, 3.63) is 60.2 Å². The summed E-state index contributed by atoms with van der Waals surface area (Å²) in [6.07, 6.45) is 6.72. The lowest BCUT2D eigenvalue weighted by molar-refractivity contribution is -0.156. The molecule has 0 radical (unpaired) electrons. The Morgan fingerprint density at radius 2 is 1.31 bits per heavy atom. The minimum atomic E-state index is -4.64. The van der Waals surface area contributed by atoms with Crippen LogP contribution in [-0.2, 0) is 32.2 Å². The SMILES string of the molecule is CC(C)(C)OC(=O)N1CC2CC(OCc3cccnc3)CC2C1.O=CC(F)(F)F.c1cncc(COC2CC3CNCC3C2)c1. The lowest BCUT2D eigenvalue weighted by atomic mass is 10.0. The highest BCUT2D eigenvalue weighted by Gasteiger charge is 2.43. The molecule has 0 aromatic carbocycles. The lowest BCUT2D eigenvalue weighted by Crippen LogP contribution is -2.36. The van der Waals surface area contributed by atoms with Gasteiger partial charge in [0.1, 0.15) is 5.60 Å². The van der Waals surface area contributed by atoms with Crippen molar-refractivity contribution in [1.82, 2.24) is 20.2 Å². The summed E-state index contributed by atoms with van der Waals surface area (Å²) >= 11 is 0. The van der Waals surface area contributed by atoms with Gasteiger partial charge in [0, 0.05) is 37.9 Å². The fraction of sp³-hybridized carbons (Fsp3) is 0.636. The van der Waals surface area contributed by atoms with Crippen molar-refractivity contribution < 1.29 is 37.0 Å². The van der Waals surface area contributed by atoms with Crippen LogP contribution in [0.4, 0.5) is 18.0 Å². The number of ether oxygens (including phenoxy) is 3. The summed E-state index contributed by atoms with van der Waals surface area (Å²) in [4.78, 5) is 30.9. The standard InChI is InChI=1S/C18H26N2O3.C13H18N2O.C2HF3O/c1-18(2,3)23-17(21)20-10-14-7-16(8-15(14)11-20)22-12-13-5-4-6-19-9-13;1-2-10(6-14-3-1)9-16-13-4-11-7-15-8-12(11)5-13;3-2(4,5)1-6/h4-6,9,14-16H,7-8,10-12H2,1-3H3;1-3,6,11-13,15H,4-5,7-9H2;1H. The zero-order chi connectivity index (χ0) is 32.5. The van der Waals surface area contributed by atoms with Crippen LogP contribution >= 0.6 is 0 Å². The number of halogens is 3. The number of pyridine rings is 2. The number of hydrogen-bond acceptors (Lipinski definition) is 8. The number of carbonyl (C=O) groups is 2. The van der Waals surface area contributed by atoms with E-state index in [0.29, 0.717) is 37.3 Å². The summed E-state index contributed by atoms with van der Waals surface area (Å²) in [7, 11) is 0. The second-order valence-electron chi connectivity index (χ2n) is 13.3. The van der Waals surface area contributed by atoms with Gasteiger partial charge in [0.15, 0.2) is 0 Å². The van der Waals surface area contributed by atoms with Gasteiger partial charge in [-0.25, -0.2) is 4.79 Å². The highest BCUT2D eigenvalue weighted by molar-refractivity contribution is 5.68. The van der Waals surface area contributed by atoms with Crippen LogP contribution in [0.5, 0.6) is 0 Å². The molecule has 248 valence electrons. The number of alkyl halides is 3. The quantitative estimate of drug-likeness (QED) is 0.411. The molecule has 6 rings (SSSR count). The molecule has 2 aromatic rings. The van der Waals surface area contributed by atoms with Gasteiger partial charge in [0.2, 0.25) is 6.29 Å². The normalized spacial score (nSPS) is 27.0. The summed E-state index contributed by atoms with van der Waals surface area (Å²) < 4.78 is 48.7. The summed E-state index contributed by atoms with van der Waals surface area (Å²) in [5.74, 6) is 2.81. The van der Waals surface area contributed by atoms with E-state index in [4.69, 9.17) is 19.0 Å². The molecule has 1 amide bonds. The molecule has 0 bridgehead atoms. The smallest absolute Gasteiger partial charge is 0.444 e. The number of fused-ring (bicyclic) bond motifs is 2. The molecule has 4 heterocycles. The molecule has 4 fully saturated rings. The Hall–Kier alpha value is -3.09. The molecule has 2 aliphatic carbocycles. The molecular formula is C33H45F3N4O5. The van der Waals surface area contributed by atoms with Crippen molar-refractivity contribution in [2.24, 2.45) is 23.7 Å². The van der Waals surface area contributed by atoms with E-state index in [9.17, 15) is 18.0 Å². The van der Waals surface area contributed by atoms with Crippen molar-refractivity contribution in [2.75, 3.05) is 26.2 Å². The van der Waals surface area contributed by atoms with E-state index in [1.54, 1.807) is 12.4 Å². The second-order valence-corrected chi connectivity index (χ2v) is 13.3. The summed E-state index contributed by atoms with van der Waals surface area (Å²) in [5.41, 5.74) is 1.86. The number of nitrogens with zero attached hydrogens (tertiary/aromatic N) is 3. The molecule has 2 saturated carbocycles. The molecule has 4 aliphatic rings. The molecule has 4 unspecified atom stereocenters. The van der Waals surface area contributed by atoms with E-state index in [0.717, 1.165) is 43.3 Å². The maximum atomic E-state index is 12.1. The van der Waals surface area contributed by atoms with Gasteiger partial charge >= 0.3 is 12.3 Å². The van der Waals surface area contributed by atoms with E-state index < -0.39 is 18.1 Å². The van der Waals surface area contributed by atoms with Crippen LogP contribution in [0.3, 0.4) is 0 Å². The maximum Gasteiger partial charge on any atom is 0.446 e. The van der Waals surface area contributed by atoms with Gasteiger partial charge in [0.25, 0.3) is 0 Å². The van der Waals surface area contributed by atoms with Gasteiger partial charge in [-0.3, -0.25) is 14.8 Å². The first-order valence-electron chi connectivity index (χ1n) is 15.6. The molecule has 2 aliphatic heterocycles. The average molecular weight is 635 g/mol. The fourth-order valence-electron chi connectivity index (χ4n) is 6.50. The summed E-state index contributed by atoms with van der Waals surface area (Å²) in [5, 5.41) is 3.45. The van der Waals surface area contributed by atoms with Crippen molar-refractivity contribution in [3.8, 4) is 0 Å². The summed E-state index contributed by atoms with van der Waals surface area (Å²) in [6, 6.07) is 8.00. The number of rotatable bonds is 6. The maximum absolute atomic E-state index is 12.1. The minimum Gasteiger partial charge on any atom is -0.444 e. The number of hydrogen-bond donors (Lipinski definition) is 1. The van der Waals surface area contributed by atoms with Crippen molar-refractivity contribution in [1.29, 1.82) is 0 Å². The first-order chi connectivity index (χ1) is 21.4. The number of aldehydes is 1. The Balaban J connectivity index is 0.000000181. The van der Waals surface area contributed by atoms with Crippen LogP contribution in [-0.4, -0.2) is 77.4 Å². The number of amides is 1. The highest BCUT2D eigenvalue weighted by atomic mass is 19.4. The van der Waals surface area contributed by atoms with Gasteiger partial charge < -0.3 is 24.4 Å². The molecule has 45 heavy (non-hydrogen) atoms. The van der Waals surface area contributed by atoms with E-state index in [-0.39, 0.29) is 6.09 Å². The van der Waals surface area contributed by atoms with E-state index in [1.807, 2.05) is 56.3 Å². The van der Waals surface area contributed by atoms with Crippen molar-refractivity contribution in [3.63, 3.8) is 0 Å². The van der Waals surface area contributed by atoms with Crippen LogP contribution in [0, 0.1) is 23.7 Å². The first kappa shape index (κ1) is 34.8. The molecule has 4 atom stereocenters. The largest absolute Gasteiger partial charge is 0.446 e. The van der Waals surface area contributed by atoms with Crippen LogP contribution in [0.25, 0.3) is 0 Å². The molecule has 2 aromatic heterocycles. The zero-order valence-electron chi connectivity index (χ0n) is 26.2. The van der Waals surface area contributed by atoms with Crippen LogP contribution < -0.4 is 5.32 Å². The second kappa shape index (κ2) is 16.0. The molecule has 1 N–H and O–H groups in total. The van der Waals surface area contributed by atoms with E-state index in [2.05, 4.69) is 21.4 Å². The Morgan fingerprint density at radius 3 is 1.69 bits per heavy atom. The number of likely N-dealkylation sites (tertiary alicyclic amines) is 1. The first-order valence-corrected chi connectivity index (χ1v) is 15.6.